The second-order valence-corrected chi connectivity index (χ2v) is 5.65. The number of aromatic nitrogens is 3. The molecule has 0 saturated heterocycles. The van der Waals surface area contributed by atoms with Crippen molar-refractivity contribution in [1.29, 1.82) is 5.26 Å². The van der Waals surface area contributed by atoms with Gasteiger partial charge in [-0.2, -0.15) is 5.26 Å². The van der Waals surface area contributed by atoms with Crippen LogP contribution in [0.2, 0.25) is 0 Å². The van der Waals surface area contributed by atoms with Gasteiger partial charge in [-0.25, -0.2) is 4.98 Å². The number of fused-ring (bicyclic) bond motifs is 1. The smallest absolute Gasteiger partial charge is 0.257 e. The van der Waals surface area contributed by atoms with Gasteiger partial charge in [0.25, 0.3) is 5.56 Å². The highest BCUT2D eigenvalue weighted by Crippen LogP contribution is 2.20. The lowest BCUT2D eigenvalue weighted by atomic mass is 10.1. The summed E-state index contributed by atoms with van der Waals surface area (Å²) < 4.78 is 1.89. The fourth-order valence-electron chi connectivity index (χ4n) is 2.91. The monoisotopic (exact) mass is 298 g/mol. The number of nitrogen functional groups attached to an aromatic ring is 1. The summed E-state index contributed by atoms with van der Waals surface area (Å²) in [4.78, 5) is 21.0. The van der Waals surface area contributed by atoms with E-state index in [0.717, 1.165) is 23.5 Å². The van der Waals surface area contributed by atoms with Gasteiger partial charge in [-0.15, -0.1) is 0 Å². The average Bonchev–Trinajstić information content (AvgIpc) is 2.75. The van der Waals surface area contributed by atoms with Crippen molar-refractivity contribution in [3.63, 3.8) is 0 Å². The molecule has 114 valence electrons. The zero-order chi connectivity index (χ0) is 15.9. The van der Waals surface area contributed by atoms with Gasteiger partial charge in [0.15, 0.2) is 0 Å². The van der Waals surface area contributed by atoms with Crippen molar-refractivity contribution in [2.45, 2.75) is 26.4 Å². The molecule has 1 aliphatic heterocycles. The van der Waals surface area contributed by atoms with Crippen molar-refractivity contribution in [1.82, 2.24) is 19.4 Å². The first-order valence-corrected chi connectivity index (χ1v) is 7.14. The summed E-state index contributed by atoms with van der Waals surface area (Å²) in [5, 5.41) is 9.10. The zero-order valence-electron chi connectivity index (χ0n) is 12.7. The van der Waals surface area contributed by atoms with E-state index in [1.165, 1.54) is 0 Å². The fraction of sp³-hybridized carbons (Fsp3) is 0.400. The van der Waals surface area contributed by atoms with Gasteiger partial charge in [0.2, 0.25) is 5.95 Å². The lowest BCUT2D eigenvalue weighted by Crippen LogP contribution is -2.35. The van der Waals surface area contributed by atoms with Crippen LogP contribution in [0.4, 0.5) is 5.95 Å². The molecular weight excluding hydrogens is 280 g/mol. The Morgan fingerprint density at radius 1 is 1.55 bits per heavy atom. The summed E-state index contributed by atoms with van der Waals surface area (Å²) in [7, 11) is 1.89. The highest BCUT2D eigenvalue weighted by Gasteiger charge is 2.22. The van der Waals surface area contributed by atoms with Crippen molar-refractivity contribution < 1.29 is 0 Å². The first kappa shape index (κ1) is 14.4. The summed E-state index contributed by atoms with van der Waals surface area (Å²) in [6.07, 6.45) is 0.709. The van der Waals surface area contributed by atoms with Crippen LogP contribution < -0.4 is 11.3 Å². The Morgan fingerprint density at radius 2 is 2.32 bits per heavy atom. The SMILES string of the molecule is Cc1c(CN2CCc3nc(N)[nH]c(=O)c3C2)cc(C#N)n1C. The van der Waals surface area contributed by atoms with E-state index in [9.17, 15) is 4.79 Å². The van der Waals surface area contributed by atoms with Gasteiger partial charge < -0.3 is 10.3 Å². The first-order chi connectivity index (χ1) is 10.5. The van der Waals surface area contributed by atoms with Crippen molar-refractivity contribution >= 4 is 5.95 Å². The van der Waals surface area contributed by atoms with E-state index in [-0.39, 0.29) is 11.5 Å². The second-order valence-electron chi connectivity index (χ2n) is 5.65. The molecule has 2 aromatic rings. The van der Waals surface area contributed by atoms with Crippen LogP contribution in [0.5, 0.6) is 0 Å². The molecule has 0 radical (unpaired) electrons. The predicted octanol–water partition coefficient (Wildman–Crippen LogP) is 0.429. The first-order valence-electron chi connectivity index (χ1n) is 7.14. The summed E-state index contributed by atoms with van der Waals surface area (Å²) in [6.45, 7) is 4.08. The molecule has 3 heterocycles. The van der Waals surface area contributed by atoms with Gasteiger partial charge in [-0.3, -0.25) is 14.7 Å². The molecule has 3 rings (SSSR count). The average molecular weight is 298 g/mol. The Balaban J connectivity index is 1.84. The second kappa shape index (κ2) is 5.31. The van der Waals surface area contributed by atoms with Crippen LogP contribution in [-0.2, 0) is 26.6 Å². The maximum Gasteiger partial charge on any atom is 0.257 e. The van der Waals surface area contributed by atoms with Gasteiger partial charge >= 0.3 is 0 Å². The normalized spacial score (nSPS) is 14.6. The molecule has 3 N–H and O–H groups in total. The number of anilines is 1. The molecule has 0 fully saturated rings. The third-order valence-corrected chi connectivity index (χ3v) is 4.31. The molecule has 1 aliphatic rings. The van der Waals surface area contributed by atoms with E-state index in [1.807, 2.05) is 24.6 Å². The molecule has 0 aliphatic carbocycles. The number of rotatable bonds is 2. The van der Waals surface area contributed by atoms with E-state index in [4.69, 9.17) is 11.0 Å². The van der Waals surface area contributed by atoms with Crippen LogP contribution in [0.25, 0.3) is 0 Å². The largest absolute Gasteiger partial charge is 0.369 e. The fourth-order valence-corrected chi connectivity index (χ4v) is 2.91. The van der Waals surface area contributed by atoms with E-state index >= 15 is 0 Å². The van der Waals surface area contributed by atoms with Crippen molar-refractivity contribution in [3.05, 3.63) is 44.6 Å². The van der Waals surface area contributed by atoms with E-state index in [2.05, 4.69) is 20.9 Å². The molecule has 0 saturated carbocycles. The molecule has 0 atom stereocenters. The number of nitrogens with one attached hydrogen (secondary N) is 1. The summed E-state index contributed by atoms with van der Waals surface area (Å²) in [5.41, 5.74) is 9.74. The molecule has 7 heteroatoms. The number of nitriles is 1. The summed E-state index contributed by atoms with van der Waals surface area (Å²) in [5.74, 6) is 0.176. The third kappa shape index (κ3) is 2.38. The van der Waals surface area contributed by atoms with Gasteiger partial charge in [0, 0.05) is 38.8 Å². The Bertz CT molecular complexity index is 826. The Morgan fingerprint density at radius 3 is 3.00 bits per heavy atom. The van der Waals surface area contributed by atoms with Gasteiger partial charge in [-0.1, -0.05) is 0 Å². The minimum atomic E-state index is -0.158. The summed E-state index contributed by atoms with van der Waals surface area (Å²) in [6, 6.07) is 4.10. The Labute approximate surface area is 128 Å². The van der Waals surface area contributed by atoms with Crippen LogP contribution in [0, 0.1) is 18.3 Å². The Kier molecular flexibility index (Phi) is 3.47. The predicted molar refractivity (Wildman–Crippen MR) is 82.0 cm³/mol. The molecule has 0 unspecified atom stereocenters. The number of H-pyrrole nitrogens is 1. The molecule has 0 amide bonds. The van der Waals surface area contributed by atoms with Gasteiger partial charge in [-0.05, 0) is 18.6 Å². The van der Waals surface area contributed by atoms with Crippen molar-refractivity contribution in [2.75, 3.05) is 12.3 Å². The molecule has 0 spiro atoms. The highest BCUT2D eigenvalue weighted by molar-refractivity contribution is 5.34. The topological polar surface area (TPSA) is 104 Å². The number of nitrogens with zero attached hydrogens (tertiary/aromatic N) is 4. The third-order valence-electron chi connectivity index (χ3n) is 4.31. The maximum absolute atomic E-state index is 12.0. The molecule has 22 heavy (non-hydrogen) atoms. The highest BCUT2D eigenvalue weighted by atomic mass is 16.1. The van der Waals surface area contributed by atoms with Crippen LogP contribution in [-0.4, -0.2) is 26.0 Å². The molecule has 2 aromatic heterocycles. The molecule has 0 aromatic carbocycles. The van der Waals surface area contributed by atoms with E-state index in [0.29, 0.717) is 30.8 Å². The number of hydrogen-bond acceptors (Lipinski definition) is 5. The van der Waals surface area contributed by atoms with Gasteiger partial charge in [0.05, 0.1) is 11.3 Å². The van der Waals surface area contributed by atoms with Crippen LogP contribution in [0.15, 0.2) is 10.9 Å². The molecule has 7 nitrogen and oxygen atoms in total. The maximum atomic E-state index is 12.0. The van der Waals surface area contributed by atoms with Crippen molar-refractivity contribution in [2.24, 2.45) is 7.05 Å². The number of nitrogens with two attached hydrogens (primary N) is 1. The minimum absolute atomic E-state index is 0.158. The van der Waals surface area contributed by atoms with Crippen LogP contribution in [0.3, 0.4) is 0 Å². The summed E-state index contributed by atoms with van der Waals surface area (Å²) >= 11 is 0. The standard InChI is InChI=1S/C15H18N6O/c1-9-10(5-11(6-16)20(9)2)7-21-4-3-13-12(8-21)14(22)19-15(17)18-13/h5H,3-4,7-8H2,1-2H3,(H3,17,18,19,22). The van der Waals surface area contributed by atoms with Crippen LogP contribution >= 0.6 is 0 Å². The van der Waals surface area contributed by atoms with Crippen LogP contribution in [0.1, 0.15) is 28.2 Å². The lowest BCUT2D eigenvalue weighted by Gasteiger charge is -2.27. The zero-order valence-corrected chi connectivity index (χ0v) is 12.7. The Hall–Kier alpha value is -2.59. The van der Waals surface area contributed by atoms with E-state index in [1.54, 1.807) is 0 Å². The van der Waals surface area contributed by atoms with Crippen molar-refractivity contribution in [3.8, 4) is 6.07 Å². The number of hydrogen-bond donors (Lipinski definition) is 2. The molecule has 0 bridgehead atoms. The molecular formula is C15H18N6O. The minimum Gasteiger partial charge on any atom is -0.369 e. The van der Waals surface area contributed by atoms with Gasteiger partial charge in [0.1, 0.15) is 11.8 Å². The van der Waals surface area contributed by atoms with E-state index < -0.39 is 0 Å². The lowest BCUT2D eigenvalue weighted by molar-refractivity contribution is 0.241. The number of aromatic amines is 1. The quantitative estimate of drug-likeness (QED) is 0.836.